The number of thioether (sulfide) groups is 1. The van der Waals surface area contributed by atoms with Crippen LogP contribution in [-0.2, 0) is 19.4 Å². The van der Waals surface area contributed by atoms with Crippen molar-refractivity contribution in [2.75, 3.05) is 36.1 Å². The van der Waals surface area contributed by atoms with Gasteiger partial charge in [0.15, 0.2) is 9.84 Å². The van der Waals surface area contributed by atoms with Gasteiger partial charge in [-0.2, -0.15) is 16.9 Å². The Hall–Kier alpha value is -1.09. The van der Waals surface area contributed by atoms with E-state index >= 15 is 0 Å². The van der Waals surface area contributed by atoms with Gasteiger partial charge in [0, 0.05) is 37.4 Å². The van der Waals surface area contributed by atoms with Crippen molar-refractivity contribution in [1.29, 1.82) is 0 Å². The molecule has 2 saturated heterocycles. The van der Waals surface area contributed by atoms with Crippen LogP contribution in [-0.4, -0.2) is 78.0 Å². The molecule has 0 aliphatic carbocycles. The zero-order valence-electron chi connectivity index (χ0n) is 12.2. The zero-order valence-corrected chi connectivity index (χ0v) is 13.9. The summed E-state index contributed by atoms with van der Waals surface area (Å²) in [5.74, 6) is 1.57. The maximum atomic E-state index is 12.5. The Morgan fingerprint density at radius 3 is 2.59 bits per heavy atom. The van der Waals surface area contributed by atoms with Crippen LogP contribution in [0.3, 0.4) is 0 Å². The van der Waals surface area contributed by atoms with Crippen LogP contribution >= 0.6 is 11.8 Å². The van der Waals surface area contributed by atoms with Crippen molar-refractivity contribution in [3.63, 3.8) is 0 Å². The van der Waals surface area contributed by atoms with Gasteiger partial charge in [-0.15, -0.1) is 0 Å². The predicted molar refractivity (Wildman–Crippen MR) is 84.5 cm³/mol. The van der Waals surface area contributed by atoms with E-state index in [0.717, 1.165) is 11.5 Å². The largest absolute Gasteiger partial charge is 0.336 e. The molecule has 3 aliphatic rings. The van der Waals surface area contributed by atoms with E-state index in [1.165, 1.54) is 5.01 Å². The third-order valence-electron chi connectivity index (χ3n) is 4.16. The summed E-state index contributed by atoms with van der Waals surface area (Å²) >= 11 is 1.82. The average Bonchev–Trinajstić information content (AvgIpc) is 2.88. The first-order chi connectivity index (χ1) is 10.5. The molecule has 22 heavy (non-hydrogen) atoms. The number of amides is 2. The summed E-state index contributed by atoms with van der Waals surface area (Å²) in [7, 11) is -3.09. The Kier molecular flexibility index (Phi) is 4.44. The molecule has 3 heterocycles. The molecule has 0 aromatic carbocycles. The molecule has 0 N–H and O–H groups in total. The molecule has 9 heteroatoms. The maximum absolute atomic E-state index is 12.5. The fraction of sp³-hybridized carbons (Fsp3) is 0.769. The lowest BCUT2D eigenvalue weighted by molar-refractivity contribution is -0.134. The predicted octanol–water partition coefficient (Wildman–Crippen LogP) is -0.273. The SMILES string of the molecule is O=C(C1=NN([C@@H]2CCS(=O)(=O)C2)C(=O)CC1)N1CCSCC1. The van der Waals surface area contributed by atoms with E-state index in [1.54, 1.807) is 4.90 Å². The summed E-state index contributed by atoms with van der Waals surface area (Å²) in [6.45, 7) is 1.41. The number of nitrogens with zero attached hydrogens (tertiary/aromatic N) is 3. The molecule has 7 nitrogen and oxygen atoms in total. The number of hydrogen-bond donors (Lipinski definition) is 0. The highest BCUT2D eigenvalue weighted by Gasteiger charge is 2.37. The van der Waals surface area contributed by atoms with Gasteiger partial charge in [-0.1, -0.05) is 0 Å². The molecule has 0 spiro atoms. The number of sulfone groups is 1. The summed E-state index contributed by atoms with van der Waals surface area (Å²) in [6.07, 6.45) is 0.973. The van der Waals surface area contributed by atoms with E-state index in [1.807, 2.05) is 11.8 Å². The highest BCUT2D eigenvalue weighted by Crippen LogP contribution is 2.23. The molecule has 0 aromatic rings. The number of hydrazone groups is 1. The minimum Gasteiger partial charge on any atom is -0.336 e. The smallest absolute Gasteiger partial charge is 0.270 e. The Balaban J connectivity index is 1.76. The highest BCUT2D eigenvalue weighted by atomic mass is 32.2. The van der Waals surface area contributed by atoms with Crippen LogP contribution < -0.4 is 0 Å². The van der Waals surface area contributed by atoms with Gasteiger partial charge in [0.2, 0.25) is 5.91 Å². The fourth-order valence-electron chi connectivity index (χ4n) is 2.93. The van der Waals surface area contributed by atoms with Crippen LogP contribution in [0.25, 0.3) is 0 Å². The third kappa shape index (κ3) is 3.29. The van der Waals surface area contributed by atoms with E-state index in [2.05, 4.69) is 5.10 Å². The molecule has 0 aromatic heterocycles. The van der Waals surface area contributed by atoms with Crippen molar-refractivity contribution >= 4 is 39.1 Å². The van der Waals surface area contributed by atoms with Crippen molar-refractivity contribution in [3.05, 3.63) is 0 Å². The van der Waals surface area contributed by atoms with E-state index < -0.39 is 15.9 Å². The quantitative estimate of drug-likeness (QED) is 0.687. The molecule has 122 valence electrons. The first-order valence-corrected chi connectivity index (χ1v) is 10.4. The van der Waals surface area contributed by atoms with Crippen molar-refractivity contribution in [2.45, 2.75) is 25.3 Å². The summed E-state index contributed by atoms with van der Waals surface area (Å²) < 4.78 is 23.2. The van der Waals surface area contributed by atoms with Gasteiger partial charge in [-0.05, 0) is 6.42 Å². The van der Waals surface area contributed by atoms with Gasteiger partial charge in [-0.3, -0.25) is 9.59 Å². The molecule has 2 fully saturated rings. The fourth-order valence-corrected chi connectivity index (χ4v) is 5.52. The lowest BCUT2D eigenvalue weighted by atomic mass is 10.1. The summed E-state index contributed by atoms with van der Waals surface area (Å²) in [6, 6.07) is -0.419. The van der Waals surface area contributed by atoms with Crippen molar-refractivity contribution < 1.29 is 18.0 Å². The third-order valence-corrected chi connectivity index (χ3v) is 6.85. The van der Waals surface area contributed by atoms with Gasteiger partial charge >= 0.3 is 0 Å². The number of hydrogen-bond acceptors (Lipinski definition) is 6. The second-order valence-corrected chi connectivity index (χ2v) is 9.20. The Morgan fingerprint density at radius 2 is 1.95 bits per heavy atom. The van der Waals surface area contributed by atoms with Crippen LogP contribution in [0, 0.1) is 0 Å². The molecule has 3 rings (SSSR count). The van der Waals surface area contributed by atoms with Crippen molar-refractivity contribution in [3.8, 4) is 0 Å². The van der Waals surface area contributed by atoms with Gasteiger partial charge < -0.3 is 4.90 Å². The lowest BCUT2D eigenvalue weighted by Gasteiger charge is -2.31. The topological polar surface area (TPSA) is 87.1 Å². The minimum absolute atomic E-state index is 0.0515. The number of rotatable bonds is 2. The first kappa shape index (κ1) is 15.8. The van der Waals surface area contributed by atoms with Crippen molar-refractivity contribution in [2.24, 2.45) is 5.10 Å². The van der Waals surface area contributed by atoms with Crippen molar-refractivity contribution in [1.82, 2.24) is 9.91 Å². The molecular formula is C13H19N3O4S2. The Morgan fingerprint density at radius 1 is 1.23 bits per heavy atom. The van der Waals surface area contributed by atoms with Gasteiger partial charge in [0.25, 0.3) is 5.91 Å². The van der Waals surface area contributed by atoms with Crippen LogP contribution in [0.15, 0.2) is 5.10 Å². The highest BCUT2D eigenvalue weighted by molar-refractivity contribution is 7.99. The number of carbonyl (C=O) groups is 2. The molecule has 2 amide bonds. The average molecular weight is 345 g/mol. The van der Waals surface area contributed by atoms with E-state index in [-0.39, 0.29) is 29.7 Å². The van der Waals surface area contributed by atoms with E-state index in [0.29, 0.717) is 31.6 Å². The van der Waals surface area contributed by atoms with E-state index in [9.17, 15) is 18.0 Å². The summed E-state index contributed by atoms with van der Waals surface area (Å²) in [5.41, 5.74) is 0.385. The standard InChI is InChI=1S/C13H19N3O4S2/c17-12-2-1-11(13(18)15-4-6-21-7-5-15)14-16(12)10-3-8-22(19,20)9-10/h10H,1-9H2/t10-/m1/s1. The maximum Gasteiger partial charge on any atom is 0.270 e. The van der Waals surface area contributed by atoms with Crippen LogP contribution in [0.5, 0.6) is 0 Å². The second-order valence-electron chi connectivity index (χ2n) is 5.75. The monoisotopic (exact) mass is 345 g/mol. The van der Waals surface area contributed by atoms with Gasteiger partial charge in [-0.25, -0.2) is 13.4 Å². The van der Waals surface area contributed by atoms with Gasteiger partial charge in [0.05, 0.1) is 17.5 Å². The molecule has 0 unspecified atom stereocenters. The lowest BCUT2D eigenvalue weighted by Crippen LogP contribution is -2.46. The molecule has 0 bridgehead atoms. The molecular weight excluding hydrogens is 326 g/mol. The molecule has 1 atom stereocenters. The number of carbonyl (C=O) groups excluding carboxylic acids is 2. The van der Waals surface area contributed by atoms with E-state index in [4.69, 9.17) is 0 Å². The summed E-state index contributed by atoms with van der Waals surface area (Å²) in [4.78, 5) is 26.3. The Bertz CT molecular complexity index is 611. The molecule has 0 saturated carbocycles. The Labute approximate surface area is 134 Å². The van der Waals surface area contributed by atoms with Crippen LogP contribution in [0.2, 0.25) is 0 Å². The molecule has 0 radical (unpaired) electrons. The summed E-state index contributed by atoms with van der Waals surface area (Å²) in [5, 5.41) is 5.47. The zero-order chi connectivity index (χ0) is 15.7. The molecule has 3 aliphatic heterocycles. The van der Waals surface area contributed by atoms with Crippen LogP contribution in [0.1, 0.15) is 19.3 Å². The first-order valence-electron chi connectivity index (χ1n) is 7.43. The normalized spacial score (nSPS) is 28.6. The second kappa shape index (κ2) is 6.19. The minimum atomic E-state index is -3.09. The van der Waals surface area contributed by atoms with Crippen LogP contribution in [0.4, 0.5) is 0 Å². The van der Waals surface area contributed by atoms with Gasteiger partial charge in [0.1, 0.15) is 5.71 Å².